The Labute approximate surface area is 48.2 Å². The van der Waals surface area contributed by atoms with Crippen LogP contribution in [0.3, 0.4) is 0 Å². The van der Waals surface area contributed by atoms with Gasteiger partial charge in [0.25, 0.3) is 0 Å². The summed E-state index contributed by atoms with van der Waals surface area (Å²) in [5.74, 6) is 0. The van der Waals surface area contributed by atoms with Crippen LogP contribution in [-0.2, 0) is 0 Å². The quantitative estimate of drug-likeness (QED) is 0.396. The molecule has 0 nitrogen and oxygen atoms in total. The van der Waals surface area contributed by atoms with Gasteiger partial charge in [0, 0.05) is 10.2 Å². The molecule has 0 N–H and O–H groups in total. The molecular weight excluding hydrogens is 108 g/mol. The Morgan fingerprint density at radius 2 is 2.33 bits per heavy atom. The van der Waals surface area contributed by atoms with Crippen LogP contribution in [0.4, 0.5) is 0 Å². The summed E-state index contributed by atoms with van der Waals surface area (Å²) in [5.41, 5.74) is 0. The summed E-state index contributed by atoms with van der Waals surface area (Å²) in [4.78, 5) is 0.731. The summed E-state index contributed by atoms with van der Waals surface area (Å²) in [6.45, 7) is 2.20. The van der Waals surface area contributed by atoms with E-state index in [-0.39, 0.29) is 0 Å². The van der Waals surface area contributed by atoms with Crippen LogP contribution in [-0.4, -0.2) is 15.1 Å². The van der Waals surface area contributed by atoms with E-state index in [1.54, 1.807) is 0 Å². The maximum Gasteiger partial charge on any atom is 0.0189 e. The highest BCUT2D eigenvalue weighted by atomic mass is 32.1. The largest absolute Gasteiger partial charge is 0.180 e. The lowest BCUT2D eigenvalue weighted by molar-refractivity contribution is 0.867. The molecule has 0 aromatic rings. The minimum atomic E-state index is 0.731. The number of hydrogen-bond acceptors (Lipinski definition) is 1. The molecule has 0 heterocycles. The lowest BCUT2D eigenvalue weighted by atomic mass is 10.4. The molecule has 0 rings (SSSR count). The molecule has 0 fully saturated rings. The molecule has 1 unspecified atom stereocenters. The first kappa shape index (κ1) is 6.57. The van der Waals surface area contributed by atoms with Gasteiger partial charge in [-0.25, -0.2) is 0 Å². The highest BCUT2D eigenvalue weighted by molar-refractivity contribution is 7.82. The van der Waals surface area contributed by atoms with Gasteiger partial charge in [-0.2, -0.15) is 12.6 Å². The minimum absolute atomic E-state index is 0.731. The zero-order valence-corrected chi connectivity index (χ0v) is 7.33. The minimum Gasteiger partial charge on any atom is -0.180 e. The van der Waals surface area contributed by atoms with Crippen molar-refractivity contribution >= 4 is 22.9 Å². The van der Waals surface area contributed by atoms with Crippen LogP contribution in [0, 0.1) is 0 Å². The Morgan fingerprint density at radius 1 is 1.83 bits per heavy atom. The lowest BCUT2D eigenvalue weighted by Gasteiger charge is -1.95. The summed E-state index contributed by atoms with van der Waals surface area (Å²) >= 11 is 4.24. The highest BCUT2D eigenvalue weighted by Gasteiger charge is 1.86. The third-order valence-electron chi connectivity index (χ3n) is 0.706. The first-order valence-corrected chi connectivity index (χ1v) is 4.12. The van der Waals surface area contributed by atoms with Gasteiger partial charge in [-0.05, 0) is 11.3 Å². The Bertz CT molecular complexity index is 28.7. The van der Waals surface area contributed by atoms with Gasteiger partial charge >= 0.3 is 0 Å². The van der Waals surface area contributed by atoms with Crippen LogP contribution >= 0.6 is 12.6 Å². The molecule has 0 saturated carbocycles. The molecule has 6 heavy (non-hydrogen) atoms. The van der Waals surface area contributed by atoms with Gasteiger partial charge in [-0.3, -0.25) is 0 Å². The number of hydrogen-bond donors (Lipinski definition) is 1. The fourth-order valence-electron chi connectivity index (χ4n) is 0.418. The molecule has 0 amide bonds. The van der Waals surface area contributed by atoms with E-state index in [2.05, 4.69) is 19.6 Å². The van der Waals surface area contributed by atoms with Crippen molar-refractivity contribution in [2.24, 2.45) is 0 Å². The second-order valence-electron chi connectivity index (χ2n) is 1.64. The van der Waals surface area contributed by atoms with E-state index in [4.69, 9.17) is 0 Å². The van der Waals surface area contributed by atoms with Gasteiger partial charge in [-0.1, -0.05) is 13.3 Å². The van der Waals surface area contributed by atoms with Gasteiger partial charge in [-0.15, -0.1) is 0 Å². The first-order chi connectivity index (χ1) is 2.77. The Morgan fingerprint density at radius 3 is 2.33 bits per heavy atom. The third kappa shape index (κ3) is 4.57. The van der Waals surface area contributed by atoms with E-state index in [0.29, 0.717) is 0 Å². The summed E-state index contributed by atoms with van der Waals surface area (Å²) < 4.78 is 0. The Kier molecular flexibility index (Phi) is 4.10. The summed E-state index contributed by atoms with van der Waals surface area (Å²) in [7, 11) is 1.24. The molecule has 0 aliphatic heterocycles. The predicted octanol–water partition coefficient (Wildman–Crippen LogP) is 0.408. The number of rotatable bonds is 2. The smallest absolute Gasteiger partial charge is 0.0189 e. The van der Waals surface area contributed by atoms with E-state index in [1.165, 1.54) is 23.1 Å². The standard InChI is InChI=1S/C4H12SSi/c1-2-3-4(5)6/h4-5H,2-3H2,1,6H3. The van der Waals surface area contributed by atoms with Crippen molar-refractivity contribution < 1.29 is 0 Å². The van der Waals surface area contributed by atoms with E-state index in [0.717, 1.165) is 4.87 Å². The van der Waals surface area contributed by atoms with Gasteiger partial charge in [0.15, 0.2) is 0 Å². The monoisotopic (exact) mass is 120 g/mol. The average Bonchev–Trinajstić information content (AvgIpc) is 1.35. The Hall–Kier alpha value is 0.567. The lowest BCUT2D eigenvalue weighted by Crippen LogP contribution is -1.93. The molecule has 0 aliphatic rings. The second kappa shape index (κ2) is 3.75. The van der Waals surface area contributed by atoms with Gasteiger partial charge < -0.3 is 0 Å². The average molecular weight is 120 g/mol. The predicted molar refractivity (Wildman–Crippen MR) is 37.6 cm³/mol. The van der Waals surface area contributed by atoms with Crippen LogP contribution < -0.4 is 0 Å². The van der Waals surface area contributed by atoms with Crippen molar-refractivity contribution in [1.82, 2.24) is 0 Å². The normalized spacial score (nSPS) is 15.0. The van der Waals surface area contributed by atoms with Crippen molar-refractivity contribution in [2.75, 3.05) is 0 Å². The maximum atomic E-state index is 4.24. The fourth-order valence-corrected chi connectivity index (χ4v) is 1.25. The topological polar surface area (TPSA) is 0 Å². The zero-order chi connectivity index (χ0) is 4.99. The third-order valence-corrected chi connectivity index (χ3v) is 1.54. The van der Waals surface area contributed by atoms with E-state index in [1.807, 2.05) is 0 Å². The van der Waals surface area contributed by atoms with Crippen LogP contribution in [0.15, 0.2) is 0 Å². The van der Waals surface area contributed by atoms with Crippen LogP contribution in [0.25, 0.3) is 0 Å². The van der Waals surface area contributed by atoms with E-state index in [9.17, 15) is 0 Å². The molecule has 0 saturated heterocycles. The second-order valence-corrected chi connectivity index (χ2v) is 4.88. The molecule has 1 atom stereocenters. The van der Waals surface area contributed by atoms with Crippen LogP contribution in [0.5, 0.6) is 0 Å². The molecule has 0 spiro atoms. The maximum absolute atomic E-state index is 4.24. The molecule has 0 bridgehead atoms. The molecule has 0 radical (unpaired) electrons. The van der Waals surface area contributed by atoms with Crippen molar-refractivity contribution in [3.63, 3.8) is 0 Å². The van der Waals surface area contributed by atoms with Crippen LogP contribution in [0.2, 0.25) is 0 Å². The summed E-state index contributed by atoms with van der Waals surface area (Å²) in [6, 6.07) is 0. The van der Waals surface area contributed by atoms with E-state index < -0.39 is 0 Å². The van der Waals surface area contributed by atoms with Gasteiger partial charge in [0.05, 0.1) is 0 Å². The zero-order valence-electron chi connectivity index (χ0n) is 4.44. The fraction of sp³-hybridized carbons (Fsp3) is 1.00. The summed E-state index contributed by atoms with van der Waals surface area (Å²) in [6.07, 6.45) is 2.59. The Balaban J connectivity index is 2.63. The molecule has 0 aliphatic carbocycles. The van der Waals surface area contributed by atoms with Crippen molar-refractivity contribution in [1.29, 1.82) is 0 Å². The molecule has 2 heteroatoms. The SMILES string of the molecule is CCCC([SiH3])S. The molecule has 0 aromatic carbocycles. The van der Waals surface area contributed by atoms with E-state index >= 15 is 0 Å². The van der Waals surface area contributed by atoms with Crippen molar-refractivity contribution in [2.45, 2.75) is 24.6 Å². The van der Waals surface area contributed by atoms with Crippen LogP contribution in [0.1, 0.15) is 19.8 Å². The number of thiol groups is 1. The van der Waals surface area contributed by atoms with Gasteiger partial charge in [0.1, 0.15) is 0 Å². The molecule has 38 valence electrons. The van der Waals surface area contributed by atoms with Crippen molar-refractivity contribution in [3.05, 3.63) is 0 Å². The van der Waals surface area contributed by atoms with Gasteiger partial charge in [0.2, 0.25) is 0 Å². The molecule has 0 aromatic heterocycles. The molecular formula is C4H12SSi. The first-order valence-electron chi connectivity index (χ1n) is 2.45. The highest BCUT2D eigenvalue weighted by Crippen LogP contribution is 1.96. The summed E-state index contributed by atoms with van der Waals surface area (Å²) in [5, 5.41) is 0. The van der Waals surface area contributed by atoms with Crippen molar-refractivity contribution in [3.8, 4) is 0 Å².